The second kappa shape index (κ2) is 38.9. The monoisotopic (exact) mass is 1920 g/mol. The largest absolute Gasteiger partial charge is 0.309 e. The van der Waals surface area contributed by atoms with E-state index in [0.717, 1.165) is 205 Å². The summed E-state index contributed by atoms with van der Waals surface area (Å²) in [5, 5.41) is 13.1. The molecule has 0 N–H and O–H groups in total. The van der Waals surface area contributed by atoms with Crippen molar-refractivity contribution in [2.24, 2.45) is 0 Å². The van der Waals surface area contributed by atoms with Crippen molar-refractivity contribution in [3.8, 4) is 141 Å². The van der Waals surface area contributed by atoms with Crippen LogP contribution >= 0.6 is 7.14 Å². The Morgan fingerprint density at radius 2 is 0.450 bits per heavy atom. The minimum Gasteiger partial charge on any atom is -0.309 e. The average Bonchev–Trinajstić information content (AvgIpc) is 1.57. The van der Waals surface area contributed by atoms with Crippen molar-refractivity contribution in [1.29, 1.82) is 0 Å². The molecule has 10 aromatic heterocycles. The Labute approximate surface area is 859 Å². The summed E-state index contributed by atoms with van der Waals surface area (Å²) in [6.45, 7) is 0. The van der Waals surface area contributed by atoms with Crippen molar-refractivity contribution in [3.63, 3.8) is 0 Å². The first-order chi connectivity index (χ1) is 73.8. The van der Waals surface area contributed by atoms with Crippen LogP contribution in [0.5, 0.6) is 0 Å². The molecule has 28 rings (SSSR count). The summed E-state index contributed by atoms with van der Waals surface area (Å²) in [7, 11) is -3.03. The molecule has 0 aliphatic rings. The maximum absolute atomic E-state index is 14.9. The quantitative estimate of drug-likeness (QED) is 0.0807. The summed E-state index contributed by atoms with van der Waals surface area (Å²) in [6.07, 6.45) is 3.60. The standard InChI is InChI=1S/C48H31N5.C45H31N2OP.C42H27N5/c1-2-12-35(13-3-1)47-48-46(38-14-4-6-16-40(38)52-47)39-15-5-7-19-45(39)53(48)37-26-24-33(25-27-37)32-20-22-34(23-21-32)36-30-43(41-17-8-10-28-49-41)51-44(31-36)42-18-9-11-29-50-42;48-49(36-16-6-2-7-17-36,37-18-8-3-9-19-37)38-30-26-33(27-31-38)32-24-28-35(29-25-32)47-42-23-13-11-21-40(42)43-39-20-10-12-22-41(39)46-44(45(43)47)34-14-4-1-5-15-34;1-4-15-28(16-5-1)38-39-37(33-23-10-12-25-35(33)43-38)34-24-11-13-26-36(34)47(39)32-22-14-21-31(27-32)42-45-40(29-17-6-2-7-18-29)44-41(46-42)30-19-8-3-9-20-30/h1-31H;1-31H;1-27H. The Kier molecular flexibility index (Phi) is 23.3. The van der Waals surface area contributed by atoms with Crippen LogP contribution in [0.15, 0.2) is 540 Å². The van der Waals surface area contributed by atoms with E-state index >= 15 is 0 Å². The van der Waals surface area contributed by atoms with Gasteiger partial charge in [-0.25, -0.2) is 34.9 Å². The van der Waals surface area contributed by atoms with Gasteiger partial charge < -0.3 is 18.3 Å². The first kappa shape index (κ1) is 89.4. The molecule has 700 valence electrons. The molecule has 0 saturated heterocycles. The summed E-state index contributed by atoms with van der Waals surface area (Å²) in [6, 6.07) is 182. The molecule has 10 heterocycles. The van der Waals surface area contributed by atoms with E-state index in [9.17, 15) is 4.57 Å². The van der Waals surface area contributed by atoms with Crippen LogP contribution in [0.2, 0.25) is 0 Å². The molecule has 18 aromatic carbocycles. The van der Waals surface area contributed by atoms with Crippen molar-refractivity contribution in [1.82, 2.24) is 58.6 Å². The SMILES string of the molecule is O=P(c1ccccc1)(c1ccccc1)c1ccc(-c2ccc(-n3c4ccccc4c4c5ccccc5nc(-c5ccccc5)c43)cc2)cc1.c1ccc(-c2nc(-c3ccccc3)nc(-c3cccc(-n4c5ccccc5c5c6ccccc6nc(-c6ccccc6)c54)c3)n2)cc1.c1ccc(-c2nc3ccccc3c3c4ccccc4n(-c4ccc(-c5ccc(-c6cc(-c7ccccn7)nc(-c7ccccn7)c6)cc5)cc4)c23)cc1. The van der Waals surface area contributed by atoms with Gasteiger partial charge in [-0.05, 0) is 143 Å². The Morgan fingerprint density at radius 1 is 0.174 bits per heavy atom. The van der Waals surface area contributed by atoms with E-state index in [0.29, 0.717) is 17.5 Å². The van der Waals surface area contributed by atoms with Crippen LogP contribution in [-0.4, -0.2) is 58.6 Å². The second-order valence-electron chi connectivity index (χ2n) is 36.9. The highest BCUT2D eigenvalue weighted by Gasteiger charge is 2.31. The third kappa shape index (κ3) is 16.7. The summed E-state index contributed by atoms with van der Waals surface area (Å²) in [5.41, 5.74) is 31.6. The smallest absolute Gasteiger partial charge is 0.171 e. The van der Waals surface area contributed by atoms with Crippen LogP contribution in [0.1, 0.15) is 0 Å². The van der Waals surface area contributed by atoms with Crippen LogP contribution in [-0.2, 0) is 4.57 Å². The van der Waals surface area contributed by atoms with Gasteiger partial charge >= 0.3 is 0 Å². The van der Waals surface area contributed by atoms with Gasteiger partial charge in [-0.1, -0.05) is 419 Å². The fourth-order valence-electron chi connectivity index (χ4n) is 21.0. The van der Waals surface area contributed by atoms with Crippen molar-refractivity contribution >= 4 is 121 Å². The number of nitrogens with zero attached hydrogens (tertiary/aromatic N) is 12. The van der Waals surface area contributed by atoms with E-state index in [1.54, 1.807) is 12.4 Å². The highest BCUT2D eigenvalue weighted by molar-refractivity contribution is 7.85. The third-order valence-corrected chi connectivity index (χ3v) is 31.1. The number of rotatable bonds is 17. The van der Waals surface area contributed by atoms with Crippen molar-refractivity contribution in [2.75, 3.05) is 0 Å². The van der Waals surface area contributed by atoms with Crippen LogP contribution in [0.25, 0.3) is 239 Å². The maximum Gasteiger partial charge on any atom is 0.171 e. The molecule has 0 saturated carbocycles. The van der Waals surface area contributed by atoms with Gasteiger partial charge in [-0.3, -0.25) is 9.97 Å². The number of para-hydroxylation sites is 6. The first-order valence-electron chi connectivity index (χ1n) is 49.9. The molecule has 28 aromatic rings. The molecule has 0 bridgehead atoms. The van der Waals surface area contributed by atoms with Gasteiger partial charge in [0, 0.05) is 127 Å². The van der Waals surface area contributed by atoms with Gasteiger partial charge in [-0.2, -0.15) is 0 Å². The van der Waals surface area contributed by atoms with E-state index < -0.39 is 7.14 Å². The summed E-state index contributed by atoms with van der Waals surface area (Å²) in [5.74, 6) is 1.89. The van der Waals surface area contributed by atoms with Crippen LogP contribution in [0.3, 0.4) is 0 Å². The van der Waals surface area contributed by atoms with E-state index in [1.807, 2.05) is 182 Å². The normalized spacial score (nSPS) is 11.5. The van der Waals surface area contributed by atoms with Gasteiger partial charge in [0.1, 0.15) is 0 Å². The highest BCUT2D eigenvalue weighted by atomic mass is 31.2. The molecule has 0 unspecified atom stereocenters. The maximum atomic E-state index is 14.9. The van der Waals surface area contributed by atoms with Crippen LogP contribution in [0.4, 0.5) is 0 Å². The van der Waals surface area contributed by atoms with E-state index in [1.165, 1.54) is 32.3 Å². The Balaban J connectivity index is 0.000000113. The molecular weight excluding hydrogens is 1840 g/mol. The van der Waals surface area contributed by atoms with E-state index in [4.69, 9.17) is 34.9 Å². The van der Waals surface area contributed by atoms with Crippen LogP contribution < -0.4 is 15.9 Å². The predicted octanol–water partition coefficient (Wildman–Crippen LogP) is 32.3. The van der Waals surface area contributed by atoms with E-state index in [2.05, 4.69) is 369 Å². The van der Waals surface area contributed by atoms with E-state index in [-0.39, 0.29) is 0 Å². The molecule has 0 amide bonds. The summed E-state index contributed by atoms with van der Waals surface area (Å²) >= 11 is 0. The Bertz CT molecular complexity index is 9770. The lowest BCUT2D eigenvalue weighted by molar-refractivity contribution is 0.592. The minimum atomic E-state index is -3.03. The minimum absolute atomic E-state index is 0.618. The molecule has 0 aliphatic carbocycles. The fourth-order valence-corrected chi connectivity index (χ4v) is 23.7. The Hall–Kier alpha value is -19.7. The lowest BCUT2D eigenvalue weighted by Crippen LogP contribution is -2.24. The zero-order valence-corrected chi connectivity index (χ0v) is 81.5. The van der Waals surface area contributed by atoms with Crippen molar-refractivity contribution in [3.05, 3.63) is 540 Å². The zero-order valence-electron chi connectivity index (χ0n) is 80.6. The number of fused-ring (bicyclic) bond motifs is 15. The molecule has 14 heteroatoms. The number of aromatic nitrogens is 12. The first-order valence-corrected chi connectivity index (χ1v) is 51.6. The molecule has 13 nitrogen and oxygen atoms in total. The Morgan fingerprint density at radius 3 is 0.805 bits per heavy atom. The fraction of sp³-hybridized carbons (Fsp3) is 0. The highest BCUT2D eigenvalue weighted by Crippen LogP contribution is 2.48. The van der Waals surface area contributed by atoms with Gasteiger partial charge in [0.25, 0.3) is 0 Å². The third-order valence-electron chi connectivity index (χ3n) is 28.0. The topological polar surface area (TPSA) is 148 Å². The zero-order chi connectivity index (χ0) is 99.1. The van der Waals surface area contributed by atoms with Gasteiger partial charge in [0.15, 0.2) is 24.6 Å². The number of hydrogen-bond acceptors (Lipinski definition) is 10. The molecule has 0 spiro atoms. The van der Waals surface area contributed by atoms with Crippen molar-refractivity contribution < 1.29 is 4.57 Å². The van der Waals surface area contributed by atoms with Crippen LogP contribution in [0, 0.1) is 0 Å². The lowest BCUT2D eigenvalue weighted by Gasteiger charge is -2.20. The number of pyridine rings is 6. The summed E-state index contributed by atoms with van der Waals surface area (Å²) in [4.78, 5) is 44.8. The van der Waals surface area contributed by atoms with Crippen molar-refractivity contribution in [2.45, 2.75) is 0 Å². The molecule has 0 radical (unpaired) electrons. The number of benzene rings is 18. The van der Waals surface area contributed by atoms with Gasteiger partial charge in [0.05, 0.1) is 89.5 Å². The molecule has 0 atom stereocenters. The van der Waals surface area contributed by atoms with Gasteiger partial charge in [0.2, 0.25) is 0 Å². The molecular formula is C135H89N12OP. The number of hydrogen-bond donors (Lipinski definition) is 0. The molecule has 149 heavy (non-hydrogen) atoms. The predicted molar refractivity (Wildman–Crippen MR) is 614 cm³/mol. The average molecular weight is 1930 g/mol. The second-order valence-corrected chi connectivity index (χ2v) is 39.7. The lowest BCUT2D eigenvalue weighted by atomic mass is 9.99. The molecule has 0 aliphatic heterocycles. The van der Waals surface area contributed by atoms with Gasteiger partial charge in [-0.15, -0.1) is 0 Å². The summed E-state index contributed by atoms with van der Waals surface area (Å²) < 4.78 is 21.9. The molecule has 0 fully saturated rings.